The second-order valence-corrected chi connectivity index (χ2v) is 15.6. The number of esters is 2. The van der Waals surface area contributed by atoms with Crippen LogP contribution in [-0.4, -0.2) is 142 Å². The van der Waals surface area contributed by atoms with E-state index in [0.29, 0.717) is 12.8 Å². The lowest BCUT2D eigenvalue weighted by Crippen LogP contribution is -2.61. The summed E-state index contributed by atoms with van der Waals surface area (Å²) in [7, 11) is 0. The first kappa shape index (κ1) is 53.6. The molecule has 0 aromatic rings. The first-order valence-corrected chi connectivity index (χ1v) is 22.3. The molecule has 2 fully saturated rings. The van der Waals surface area contributed by atoms with Gasteiger partial charge in [-0.3, -0.25) is 9.59 Å². The average Bonchev–Trinajstić information content (AvgIpc) is 3.24. The summed E-state index contributed by atoms with van der Waals surface area (Å²) in [6.07, 6.45) is 15.9. The highest BCUT2D eigenvalue weighted by atomic mass is 16.7. The number of hydrogen-bond acceptors (Lipinski definition) is 15. The zero-order chi connectivity index (χ0) is 44.0. The van der Waals surface area contributed by atoms with E-state index in [4.69, 9.17) is 28.4 Å². The highest BCUT2D eigenvalue weighted by Crippen LogP contribution is 2.26. The quantitative estimate of drug-likeness (QED) is 0.0283. The van der Waals surface area contributed by atoms with Crippen molar-refractivity contribution < 1.29 is 73.8 Å². The molecule has 0 aromatic carbocycles. The van der Waals surface area contributed by atoms with Crippen LogP contribution in [0.5, 0.6) is 0 Å². The molecule has 2 aliphatic rings. The Hall–Kier alpha value is -2.54. The van der Waals surface area contributed by atoms with E-state index in [2.05, 4.69) is 26.0 Å². The molecule has 60 heavy (non-hydrogen) atoms. The van der Waals surface area contributed by atoms with E-state index in [9.17, 15) is 45.3 Å². The van der Waals surface area contributed by atoms with Crippen LogP contribution in [0.15, 0.2) is 48.6 Å². The predicted molar refractivity (Wildman–Crippen MR) is 224 cm³/mol. The van der Waals surface area contributed by atoms with Crippen molar-refractivity contribution in [3.63, 3.8) is 0 Å². The summed E-state index contributed by atoms with van der Waals surface area (Å²) in [5, 5.41) is 71.8. The Morgan fingerprint density at radius 3 is 1.65 bits per heavy atom. The summed E-state index contributed by atoms with van der Waals surface area (Å²) >= 11 is 0. The van der Waals surface area contributed by atoms with Gasteiger partial charge in [-0.05, 0) is 32.1 Å². The summed E-state index contributed by atoms with van der Waals surface area (Å²) in [4.78, 5) is 25.5. The van der Waals surface area contributed by atoms with Crippen LogP contribution in [0.4, 0.5) is 0 Å². The van der Waals surface area contributed by atoms with Crippen LogP contribution in [0.25, 0.3) is 0 Å². The standard InChI is InChI=1S/C45H76O15/c1-3-5-7-9-11-13-14-15-16-17-18-20-22-24-26-28-37(48)58-33(30-55-36(47)27-25-23-21-19-12-10-8-6-4-2)31-56-44-43(54)41(52)39(50)35(60-44)32-57-45-42(53)40(51)38(49)34(29-46)59-45/h5,7,9,11,13-16,33-35,38-46,49-54H,3-4,6,8,10,12,17-32H2,1-2H3/b7-5+,11-9+,14-13+,16-15+/t33-,34-,35-,38+,39+,40?,41?,42?,43?,44-,45-/m1/s1. The van der Waals surface area contributed by atoms with E-state index in [1.54, 1.807) is 0 Å². The molecule has 0 radical (unpaired) electrons. The van der Waals surface area contributed by atoms with E-state index in [0.717, 1.165) is 57.8 Å². The van der Waals surface area contributed by atoms with Gasteiger partial charge in [-0.25, -0.2) is 0 Å². The molecule has 0 spiro atoms. The van der Waals surface area contributed by atoms with Crippen molar-refractivity contribution in [2.45, 2.75) is 197 Å². The number of aliphatic hydroxyl groups excluding tert-OH is 7. The Kier molecular flexibility index (Phi) is 29.5. The van der Waals surface area contributed by atoms with E-state index >= 15 is 0 Å². The molecule has 15 heteroatoms. The fraction of sp³-hybridized carbons (Fsp3) is 0.778. The van der Waals surface area contributed by atoms with Gasteiger partial charge in [-0.1, -0.05) is 133 Å². The van der Waals surface area contributed by atoms with Gasteiger partial charge in [-0.15, -0.1) is 0 Å². The second kappa shape index (κ2) is 33.1. The molecule has 2 aliphatic heterocycles. The van der Waals surface area contributed by atoms with Crippen molar-refractivity contribution in [2.24, 2.45) is 0 Å². The Morgan fingerprint density at radius 2 is 1.05 bits per heavy atom. The molecule has 2 saturated heterocycles. The number of ether oxygens (including phenoxy) is 6. The third-order valence-corrected chi connectivity index (χ3v) is 10.4. The highest BCUT2D eigenvalue weighted by molar-refractivity contribution is 5.70. The first-order chi connectivity index (χ1) is 29.0. The number of hydrogen-bond donors (Lipinski definition) is 7. The molecule has 0 aromatic heterocycles. The number of unbranched alkanes of at least 4 members (excludes halogenated alkanes) is 13. The highest BCUT2D eigenvalue weighted by Gasteiger charge is 2.47. The maximum absolute atomic E-state index is 12.9. The van der Waals surface area contributed by atoms with Gasteiger partial charge in [0.25, 0.3) is 0 Å². The van der Waals surface area contributed by atoms with Gasteiger partial charge in [0, 0.05) is 12.8 Å². The second-order valence-electron chi connectivity index (χ2n) is 15.6. The van der Waals surface area contributed by atoms with Crippen molar-refractivity contribution in [3.8, 4) is 0 Å². The summed E-state index contributed by atoms with van der Waals surface area (Å²) < 4.78 is 33.4. The molecule has 15 nitrogen and oxygen atoms in total. The topological polar surface area (TPSA) is 231 Å². The van der Waals surface area contributed by atoms with Crippen LogP contribution >= 0.6 is 0 Å². The van der Waals surface area contributed by atoms with Gasteiger partial charge < -0.3 is 64.2 Å². The third-order valence-electron chi connectivity index (χ3n) is 10.4. The maximum Gasteiger partial charge on any atom is 0.306 e. The number of aliphatic hydroxyl groups is 7. The molecule has 2 rings (SSSR count). The minimum atomic E-state index is -1.77. The zero-order valence-corrected chi connectivity index (χ0v) is 35.9. The average molecular weight is 857 g/mol. The summed E-state index contributed by atoms with van der Waals surface area (Å²) in [6.45, 7) is 2.36. The zero-order valence-electron chi connectivity index (χ0n) is 35.9. The molecular formula is C45H76O15. The molecule has 0 amide bonds. The van der Waals surface area contributed by atoms with Gasteiger partial charge in [0.1, 0.15) is 55.4 Å². The molecule has 0 saturated carbocycles. The fourth-order valence-corrected chi connectivity index (χ4v) is 6.70. The Balaban J connectivity index is 1.88. The van der Waals surface area contributed by atoms with Crippen molar-refractivity contribution >= 4 is 11.9 Å². The van der Waals surface area contributed by atoms with Gasteiger partial charge in [0.05, 0.1) is 19.8 Å². The van der Waals surface area contributed by atoms with Crippen LogP contribution in [-0.2, 0) is 38.0 Å². The minimum Gasteiger partial charge on any atom is -0.462 e. The molecular weight excluding hydrogens is 780 g/mol. The van der Waals surface area contributed by atoms with Crippen LogP contribution < -0.4 is 0 Å². The van der Waals surface area contributed by atoms with E-state index in [1.807, 2.05) is 36.5 Å². The van der Waals surface area contributed by atoms with Gasteiger partial charge in [0.15, 0.2) is 18.7 Å². The molecule has 0 aliphatic carbocycles. The van der Waals surface area contributed by atoms with Crippen molar-refractivity contribution in [3.05, 3.63) is 48.6 Å². The third kappa shape index (κ3) is 22.0. The number of carbonyl (C=O) groups excluding carboxylic acids is 2. The minimum absolute atomic E-state index is 0.138. The lowest BCUT2D eigenvalue weighted by Gasteiger charge is -2.42. The molecule has 4 unspecified atom stereocenters. The van der Waals surface area contributed by atoms with Gasteiger partial charge >= 0.3 is 11.9 Å². The van der Waals surface area contributed by atoms with Crippen molar-refractivity contribution in [1.29, 1.82) is 0 Å². The number of rotatable bonds is 32. The normalized spacial score (nSPS) is 28.0. The van der Waals surface area contributed by atoms with Gasteiger partial charge in [0.2, 0.25) is 0 Å². The lowest BCUT2D eigenvalue weighted by atomic mass is 9.98. The monoisotopic (exact) mass is 857 g/mol. The van der Waals surface area contributed by atoms with E-state index < -0.39 is 99.3 Å². The molecule has 7 N–H and O–H groups in total. The number of carbonyl (C=O) groups is 2. The van der Waals surface area contributed by atoms with E-state index in [-0.39, 0.29) is 19.4 Å². The maximum atomic E-state index is 12.9. The van der Waals surface area contributed by atoms with E-state index in [1.165, 1.54) is 32.1 Å². The van der Waals surface area contributed by atoms with Crippen LogP contribution in [0.1, 0.15) is 129 Å². The molecule has 11 atom stereocenters. The fourth-order valence-electron chi connectivity index (χ4n) is 6.70. The summed E-state index contributed by atoms with van der Waals surface area (Å²) in [5.41, 5.74) is 0. The summed E-state index contributed by atoms with van der Waals surface area (Å²) in [6, 6.07) is 0. The smallest absolute Gasteiger partial charge is 0.306 e. The molecule has 346 valence electrons. The van der Waals surface area contributed by atoms with Crippen LogP contribution in [0, 0.1) is 0 Å². The van der Waals surface area contributed by atoms with Crippen LogP contribution in [0.2, 0.25) is 0 Å². The largest absolute Gasteiger partial charge is 0.462 e. The Morgan fingerprint density at radius 1 is 0.550 bits per heavy atom. The number of allylic oxidation sites excluding steroid dienone is 8. The van der Waals surface area contributed by atoms with Crippen molar-refractivity contribution in [2.75, 3.05) is 26.4 Å². The van der Waals surface area contributed by atoms with Crippen molar-refractivity contribution in [1.82, 2.24) is 0 Å². The Labute approximate surface area is 357 Å². The predicted octanol–water partition coefficient (Wildman–Crippen LogP) is 4.37. The molecule has 2 heterocycles. The first-order valence-electron chi connectivity index (χ1n) is 22.3. The summed E-state index contributed by atoms with van der Waals surface area (Å²) in [5.74, 6) is -0.960. The lowest BCUT2D eigenvalue weighted by molar-refractivity contribution is -0.332. The Bertz CT molecular complexity index is 1240. The SMILES string of the molecule is CC/C=C/C=C/C=C/C=C/CCCCCCCC(=O)O[C@H](COC(=O)CCCCCCCCCCC)CO[C@@H]1O[C@H](CO[C@@H]2O[C@H](CO)[C@H](O)C(O)C2O)[C@H](O)C(O)C1O. The van der Waals surface area contributed by atoms with Crippen LogP contribution in [0.3, 0.4) is 0 Å². The molecule has 0 bridgehead atoms. The van der Waals surface area contributed by atoms with Gasteiger partial charge in [-0.2, -0.15) is 0 Å².